The third-order valence-corrected chi connectivity index (χ3v) is 3.27. The third kappa shape index (κ3) is 3.41. The van der Waals surface area contributed by atoms with E-state index in [1.54, 1.807) is 19.9 Å². The minimum Gasteiger partial charge on any atom is -0.466 e. The number of carbonyl (C=O) groups is 1. The maximum absolute atomic E-state index is 12.5. The zero-order valence-corrected chi connectivity index (χ0v) is 12.9. The first-order chi connectivity index (χ1) is 10.6. The van der Waals surface area contributed by atoms with Crippen molar-refractivity contribution < 1.29 is 13.9 Å². The van der Waals surface area contributed by atoms with E-state index in [2.05, 4.69) is 10.1 Å². The molecule has 2 aromatic heterocycles. The van der Waals surface area contributed by atoms with Crippen molar-refractivity contribution >= 4 is 5.97 Å². The summed E-state index contributed by atoms with van der Waals surface area (Å²) < 4.78 is 11.4. The number of hydrogen-bond donors (Lipinski definition) is 0. The third-order valence-electron chi connectivity index (χ3n) is 3.27. The zero-order valence-electron chi connectivity index (χ0n) is 12.9. The molecular weight excluding hydrogens is 286 g/mol. The van der Waals surface area contributed by atoms with E-state index in [0.717, 1.165) is 0 Å². The van der Waals surface area contributed by atoms with Crippen molar-refractivity contribution in [3.63, 3.8) is 0 Å². The minimum absolute atomic E-state index is 0.198. The van der Waals surface area contributed by atoms with Crippen LogP contribution in [0.4, 0.5) is 0 Å². The fraction of sp³-hybridized carbons (Fsp3) is 0.467. The zero-order chi connectivity index (χ0) is 16.1. The second-order valence-corrected chi connectivity index (χ2v) is 4.82. The number of ether oxygens (including phenoxy) is 1. The van der Waals surface area contributed by atoms with Crippen molar-refractivity contribution in [2.45, 2.75) is 39.7 Å². The van der Waals surface area contributed by atoms with Gasteiger partial charge in [0.25, 0.3) is 5.56 Å². The van der Waals surface area contributed by atoms with Crippen LogP contribution in [0.5, 0.6) is 0 Å². The first-order valence-electron chi connectivity index (χ1n) is 7.20. The molecule has 0 saturated carbocycles. The minimum atomic E-state index is -0.583. The van der Waals surface area contributed by atoms with Crippen LogP contribution in [-0.4, -0.2) is 27.3 Å². The van der Waals surface area contributed by atoms with Gasteiger partial charge < -0.3 is 9.15 Å². The summed E-state index contributed by atoms with van der Waals surface area (Å²) in [5.74, 6) is -0.449. The average Bonchev–Trinajstić information content (AvgIpc) is 2.89. The van der Waals surface area contributed by atoms with Gasteiger partial charge in [0.1, 0.15) is 12.0 Å². The Hall–Kier alpha value is -2.44. The molecule has 2 rings (SSSR count). The Morgan fingerprint density at radius 3 is 2.82 bits per heavy atom. The van der Waals surface area contributed by atoms with Gasteiger partial charge >= 0.3 is 5.97 Å². The molecule has 7 nitrogen and oxygen atoms in total. The smallest absolute Gasteiger partial charge is 0.313 e. The molecule has 118 valence electrons. The molecule has 1 unspecified atom stereocenters. The van der Waals surface area contributed by atoms with Gasteiger partial charge in [0, 0.05) is 18.7 Å². The van der Waals surface area contributed by atoms with Gasteiger partial charge in [-0.3, -0.25) is 9.59 Å². The lowest BCUT2D eigenvalue weighted by molar-refractivity contribution is -0.145. The van der Waals surface area contributed by atoms with Crippen molar-refractivity contribution in [1.29, 1.82) is 0 Å². The maximum atomic E-state index is 12.5. The number of hydrogen-bond acceptors (Lipinski definition) is 6. The molecule has 0 spiro atoms. The molecule has 0 amide bonds. The van der Waals surface area contributed by atoms with Crippen LogP contribution in [-0.2, 0) is 16.1 Å². The molecule has 0 fully saturated rings. The van der Waals surface area contributed by atoms with Gasteiger partial charge in [-0.05, 0) is 19.4 Å². The fourth-order valence-electron chi connectivity index (χ4n) is 2.24. The molecule has 2 heterocycles. The molecule has 22 heavy (non-hydrogen) atoms. The van der Waals surface area contributed by atoms with Gasteiger partial charge in [0.15, 0.2) is 5.89 Å². The Bertz CT molecular complexity index is 705. The normalized spacial score (nSPS) is 12.1. The van der Waals surface area contributed by atoms with Crippen molar-refractivity contribution in [2.75, 3.05) is 6.61 Å². The van der Waals surface area contributed by atoms with Crippen LogP contribution < -0.4 is 5.56 Å². The molecule has 0 aromatic carbocycles. The molecular formula is C15H19N3O4. The summed E-state index contributed by atoms with van der Waals surface area (Å²) >= 11 is 0. The van der Waals surface area contributed by atoms with E-state index >= 15 is 0 Å². The predicted molar refractivity (Wildman–Crippen MR) is 78.5 cm³/mol. The summed E-state index contributed by atoms with van der Waals surface area (Å²) in [5, 5.41) is 4.04. The Labute approximate surface area is 127 Å². The molecule has 0 saturated heterocycles. The lowest BCUT2D eigenvalue weighted by Gasteiger charge is -2.14. The Kier molecular flexibility index (Phi) is 5.08. The van der Waals surface area contributed by atoms with E-state index in [-0.39, 0.29) is 18.7 Å². The SMILES string of the molecule is CCOC(=O)C(CC)c1ccnn(Cc2coc(C)n2)c1=O. The first kappa shape index (κ1) is 15.9. The summed E-state index contributed by atoms with van der Waals surface area (Å²) in [7, 11) is 0. The monoisotopic (exact) mass is 305 g/mol. The summed E-state index contributed by atoms with van der Waals surface area (Å²) in [4.78, 5) is 28.7. The van der Waals surface area contributed by atoms with E-state index in [1.807, 2.05) is 6.92 Å². The van der Waals surface area contributed by atoms with Gasteiger partial charge in [-0.2, -0.15) is 5.10 Å². The number of aryl methyl sites for hydroxylation is 1. The first-order valence-corrected chi connectivity index (χ1v) is 7.20. The van der Waals surface area contributed by atoms with E-state index in [4.69, 9.17) is 9.15 Å². The van der Waals surface area contributed by atoms with Crippen LogP contribution in [0.1, 0.15) is 43.3 Å². The average molecular weight is 305 g/mol. The van der Waals surface area contributed by atoms with Crippen molar-refractivity contribution in [2.24, 2.45) is 0 Å². The second-order valence-electron chi connectivity index (χ2n) is 4.82. The number of aromatic nitrogens is 3. The Morgan fingerprint density at radius 1 is 1.45 bits per heavy atom. The van der Waals surface area contributed by atoms with Crippen LogP contribution in [0.15, 0.2) is 27.7 Å². The van der Waals surface area contributed by atoms with Gasteiger partial charge in [-0.1, -0.05) is 6.92 Å². The lowest BCUT2D eigenvalue weighted by Crippen LogP contribution is -2.30. The van der Waals surface area contributed by atoms with Gasteiger partial charge in [0.2, 0.25) is 0 Å². The molecule has 0 radical (unpaired) electrons. The van der Waals surface area contributed by atoms with Crippen LogP contribution in [0.2, 0.25) is 0 Å². The fourth-order valence-corrected chi connectivity index (χ4v) is 2.24. The highest BCUT2D eigenvalue weighted by Gasteiger charge is 2.24. The van der Waals surface area contributed by atoms with E-state index < -0.39 is 11.9 Å². The highest BCUT2D eigenvalue weighted by atomic mass is 16.5. The largest absolute Gasteiger partial charge is 0.466 e. The van der Waals surface area contributed by atoms with Crippen molar-refractivity contribution in [3.8, 4) is 0 Å². The van der Waals surface area contributed by atoms with Crippen molar-refractivity contribution in [3.05, 3.63) is 46.0 Å². The highest BCUT2D eigenvalue weighted by Crippen LogP contribution is 2.17. The predicted octanol–water partition coefficient (Wildman–Crippen LogP) is 1.64. The summed E-state index contributed by atoms with van der Waals surface area (Å²) in [6, 6.07) is 1.57. The molecule has 0 bridgehead atoms. The number of nitrogens with zero attached hydrogens (tertiary/aromatic N) is 3. The molecule has 7 heteroatoms. The topological polar surface area (TPSA) is 87.2 Å². The molecule has 0 aliphatic heterocycles. The van der Waals surface area contributed by atoms with Crippen molar-refractivity contribution in [1.82, 2.24) is 14.8 Å². The quantitative estimate of drug-likeness (QED) is 0.754. The van der Waals surface area contributed by atoms with Gasteiger partial charge in [0.05, 0.1) is 19.1 Å². The number of esters is 1. The van der Waals surface area contributed by atoms with E-state index in [9.17, 15) is 9.59 Å². The van der Waals surface area contributed by atoms with E-state index in [0.29, 0.717) is 23.6 Å². The molecule has 2 aromatic rings. The molecule has 0 aliphatic carbocycles. The van der Waals surface area contributed by atoms with Crippen LogP contribution in [0, 0.1) is 6.92 Å². The van der Waals surface area contributed by atoms with E-state index in [1.165, 1.54) is 17.1 Å². The summed E-state index contributed by atoms with van der Waals surface area (Å²) in [6.45, 7) is 5.79. The highest BCUT2D eigenvalue weighted by molar-refractivity contribution is 5.77. The van der Waals surface area contributed by atoms with Crippen LogP contribution in [0.3, 0.4) is 0 Å². The van der Waals surface area contributed by atoms with Crippen LogP contribution in [0.25, 0.3) is 0 Å². The summed E-state index contributed by atoms with van der Waals surface area (Å²) in [6.07, 6.45) is 3.48. The number of oxazole rings is 1. The molecule has 0 aliphatic rings. The number of rotatable bonds is 6. The summed E-state index contributed by atoms with van der Waals surface area (Å²) in [5.41, 5.74) is 0.674. The van der Waals surface area contributed by atoms with Gasteiger partial charge in [-0.25, -0.2) is 9.67 Å². The standard InChI is InChI=1S/C15H19N3O4/c1-4-12(15(20)21-5-2)13-6-7-16-18(14(13)19)8-11-9-22-10(3)17-11/h6-7,9,12H,4-5,8H2,1-3H3. The molecule has 0 N–H and O–H groups in total. The maximum Gasteiger partial charge on any atom is 0.313 e. The second kappa shape index (κ2) is 7.02. The van der Waals surface area contributed by atoms with Gasteiger partial charge in [-0.15, -0.1) is 0 Å². The molecule has 1 atom stereocenters. The Balaban J connectivity index is 2.32. The lowest BCUT2D eigenvalue weighted by atomic mass is 9.98. The van der Waals surface area contributed by atoms with Crippen LogP contribution >= 0.6 is 0 Å². The number of carbonyl (C=O) groups excluding carboxylic acids is 1. The Morgan fingerprint density at radius 2 is 2.23 bits per heavy atom.